The highest BCUT2D eigenvalue weighted by Gasteiger charge is 2.40. The van der Waals surface area contributed by atoms with E-state index >= 15 is 0 Å². The third kappa shape index (κ3) is 3.33. The lowest BCUT2D eigenvalue weighted by Gasteiger charge is -2.37. The number of carboxylic acid groups (broad SMARTS) is 1. The fourth-order valence-corrected chi connectivity index (χ4v) is 3.86. The first-order valence-corrected chi connectivity index (χ1v) is 8.48. The second kappa shape index (κ2) is 6.84. The molecule has 1 heterocycles. The summed E-state index contributed by atoms with van der Waals surface area (Å²) >= 11 is 18.3. The van der Waals surface area contributed by atoms with Crippen LogP contribution in [0.2, 0.25) is 15.1 Å². The number of carbonyl (C=O) groups excluding carboxylic acids is 1. The highest BCUT2D eigenvalue weighted by atomic mass is 35.5. The van der Waals surface area contributed by atoms with Crippen LogP contribution < -0.4 is 10.9 Å². The number of hydrogen-bond acceptors (Lipinski definition) is 4. The van der Waals surface area contributed by atoms with Crippen LogP contribution in [0.25, 0.3) is 0 Å². The maximum absolute atomic E-state index is 13.0. The SMILES string of the molecule is NN1c2cc(Cl)cc(Cl)c2C(C(=O)c2cccc(Cl)c2)CC1C(=O)O. The predicted molar refractivity (Wildman–Crippen MR) is 97.7 cm³/mol. The van der Waals surface area contributed by atoms with E-state index in [4.69, 9.17) is 40.6 Å². The molecule has 2 aromatic carbocycles. The van der Waals surface area contributed by atoms with Crippen LogP contribution in [0, 0.1) is 0 Å². The highest BCUT2D eigenvalue weighted by molar-refractivity contribution is 6.36. The van der Waals surface area contributed by atoms with Crippen molar-refractivity contribution < 1.29 is 14.7 Å². The summed E-state index contributed by atoms with van der Waals surface area (Å²) in [5.74, 6) is 3.79. The Kier molecular flexibility index (Phi) is 4.93. The number of anilines is 1. The van der Waals surface area contributed by atoms with Crippen LogP contribution >= 0.6 is 34.8 Å². The normalized spacial score (nSPS) is 19.4. The fraction of sp³-hybridized carbons (Fsp3) is 0.176. The number of Topliss-reactive ketones (excluding diaryl/α,β-unsaturated/α-hetero) is 1. The van der Waals surface area contributed by atoms with Gasteiger partial charge in [0.1, 0.15) is 6.04 Å². The molecule has 1 aliphatic rings. The minimum absolute atomic E-state index is 0.00840. The molecule has 0 radical (unpaired) electrons. The molecule has 0 amide bonds. The summed E-state index contributed by atoms with van der Waals surface area (Å²) in [6.45, 7) is 0. The van der Waals surface area contributed by atoms with Crippen LogP contribution in [0.15, 0.2) is 36.4 Å². The maximum Gasteiger partial charge on any atom is 0.327 e. The lowest BCUT2D eigenvalue weighted by molar-refractivity contribution is -0.138. The van der Waals surface area contributed by atoms with E-state index in [1.54, 1.807) is 18.2 Å². The predicted octanol–water partition coefficient (Wildman–Crippen LogP) is 4.15. The molecule has 3 N–H and O–H groups in total. The van der Waals surface area contributed by atoms with Gasteiger partial charge in [0.25, 0.3) is 0 Å². The standard InChI is InChI=1S/C17H13Cl3N2O3/c18-9-3-1-2-8(4-9)16(23)11-7-14(17(24)25)22(21)13-6-10(19)5-12(20)15(11)13/h1-6,11,14H,7,21H2,(H,24,25). The summed E-state index contributed by atoms with van der Waals surface area (Å²) in [5, 5.41) is 11.5. The number of fused-ring (bicyclic) bond motifs is 1. The van der Waals surface area contributed by atoms with Gasteiger partial charge in [-0.1, -0.05) is 46.9 Å². The number of nitrogens with two attached hydrogens (primary N) is 1. The molecule has 0 aliphatic carbocycles. The van der Waals surface area contributed by atoms with Crippen molar-refractivity contribution in [3.8, 4) is 0 Å². The number of halogens is 3. The third-order valence-electron chi connectivity index (χ3n) is 4.20. The molecule has 2 aromatic rings. The summed E-state index contributed by atoms with van der Waals surface area (Å²) < 4.78 is 0. The van der Waals surface area contributed by atoms with E-state index in [1.165, 1.54) is 18.2 Å². The number of rotatable bonds is 3. The van der Waals surface area contributed by atoms with Crippen molar-refractivity contribution in [3.63, 3.8) is 0 Å². The number of hydrazine groups is 1. The summed E-state index contributed by atoms with van der Waals surface area (Å²) in [5.41, 5.74) is 1.18. The Morgan fingerprint density at radius 2 is 1.84 bits per heavy atom. The first-order valence-electron chi connectivity index (χ1n) is 7.35. The minimum atomic E-state index is -1.13. The maximum atomic E-state index is 13.0. The molecule has 0 bridgehead atoms. The number of hydrogen-bond donors (Lipinski definition) is 2. The average Bonchev–Trinajstić information content (AvgIpc) is 2.54. The molecule has 8 heteroatoms. The number of carbonyl (C=O) groups is 2. The first kappa shape index (κ1) is 18.0. The number of aliphatic carboxylic acids is 1. The summed E-state index contributed by atoms with van der Waals surface area (Å²) in [6, 6.07) is 8.43. The van der Waals surface area contributed by atoms with E-state index < -0.39 is 17.9 Å². The van der Waals surface area contributed by atoms with Gasteiger partial charge < -0.3 is 5.11 Å². The Morgan fingerprint density at radius 3 is 2.48 bits per heavy atom. The van der Waals surface area contributed by atoms with Gasteiger partial charge in [0.15, 0.2) is 5.78 Å². The summed E-state index contributed by atoms with van der Waals surface area (Å²) in [7, 11) is 0. The first-order chi connectivity index (χ1) is 11.8. The Bertz CT molecular complexity index is 872. The molecule has 0 aromatic heterocycles. The molecule has 3 rings (SSSR count). The van der Waals surface area contributed by atoms with Crippen LogP contribution in [0.3, 0.4) is 0 Å². The van der Waals surface area contributed by atoms with Gasteiger partial charge >= 0.3 is 5.97 Å². The number of ketones is 1. The molecule has 2 atom stereocenters. The molecule has 2 unspecified atom stereocenters. The van der Waals surface area contributed by atoms with Crippen LogP contribution in [-0.4, -0.2) is 22.9 Å². The van der Waals surface area contributed by atoms with Crippen LogP contribution in [0.1, 0.15) is 28.3 Å². The number of benzene rings is 2. The van der Waals surface area contributed by atoms with Crippen LogP contribution in [0.4, 0.5) is 5.69 Å². The van der Waals surface area contributed by atoms with Crippen molar-refractivity contribution in [1.29, 1.82) is 0 Å². The van der Waals surface area contributed by atoms with Crippen LogP contribution in [0.5, 0.6) is 0 Å². The van der Waals surface area contributed by atoms with E-state index in [9.17, 15) is 14.7 Å². The second-order valence-corrected chi connectivity index (χ2v) is 7.02. The van der Waals surface area contributed by atoms with Crippen molar-refractivity contribution in [2.75, 3.05) is 5.01 Å². The van der Waals surface area contributed by atoms with Crippen molar-refractivity contribution in [1.82, 2.24) is 0 Å². The third-order valence-corrected chi connectivity index (χ3v) is 4.97. The van der Waals surface area contributed by atoms with Gasteiger partial charge in [-0.05, 0) is 30.7 Å². The molecular formula is C17H13Cl3N2O3. The lowest BCUT2D eigenvalue weighted by atomic mass is 9.81. The Balaban J connectivity index is 2.15. The van der Waals surface area contributed by atoms with Gasteiger partial charge in [0.2, 0.25) is 0 Å². The van der Waals surface area contributed by atoms with E-state index in [1.807, 2.05) is 0 Å². The molecule has 1 aliphatic heterocycles. The minimum Gasteiger partial charge on any atom is -0.480 e. The largest absolute Gasteiger partial charge is 0.480 e. The summed E-state index contributed by atoms with van der Waals surface area (Å²) in [4.78, 5) is 24.6. The zero-order chi connectivity index (χ0) is 18.3. The van der Waals surface area contributed by atoms with Crippen molar-refractivity contribution in [2.45, 2.75) is 18.4 Å². The number of nitrogens with zero attached hydrogens (tertiary/aromatic N) is 1. The fourth-order valence-electron chi connectivity index (χ4n) is 3.05. The second-order valence-electron chi connectivity index (χ2n) is 5.74. The summed E-state index contributed by atoms with van der Waals surface area (Å²) in [6.07, 6.45) is -0.00840. The molecule has 5 nitrogen and oxygen atoms in total. The molecule has 0 saturated carbocycles. The molecule has 130 valence electrons. The molecule has 0 fully saturated rings. The molecule has 0 spiro atoms. The Hall–Kier alpha value is -1.79. The van der Waals surface area contributed by atoms with Crippen molar-refractivity contribution >= 4 is 52.2 Å². The van der Waals surface area contributed by atoms with Gasteiger partial charge in [-0.25, -0.2) is 10.6 Å². The van der Waals surface area contributed by atoms with Gasteiger partial charge in [0.05, 0.1) is 11.6 Å². The van der Waals surface area contributed by atoms with E-state index in [0.717, 1.165) is 5.01 Å². The Labute approximate surface area is 158 Å². The quantitative estimate of drug-likeness (QED) is 0.598. The average molecular weight is 400 g/mol. The van der Waals surface area contributed by atoms with Crippen LogP contribution in [-0.2, 0) is 4.79 Å². The van der Waals surface area contributed by atoms with Gasteiger partial charge in [-0.3, -0.25) is 9.80 Å². The van der Waals surface area contributed by atoms with Gasteiger partial charge in [-0.15, -0.1) is 0 Å². The van der Waals surface area contributed by atoms with Gasteiger partial charge in [-0.2, -0.15) is 0 Å². The molecular weight excluding hydrogens is 387 g/mol. The van der Waals surface area contributed by atoms with E-state index in [-0.39, 0.29) is 17.2 Å². The van der Waals surface area contributed by atoms with Crippen molar-refractivity contribution in [3.05, 3.63) is 62.6 Å². The zero-order valence-electron chi connectivity index (χ0n) is 12.7. The zero-order valence-corrected chi connectivity index (χ0v) is 15.0. The highest BCUT2D eigenvalue weighted by Crippen LogP contribution is 2.44. The van der Waals surface area contributed by atoms with E-state index in [0.29, 0.717) is 26.9 Å². The number of carboxylic acids is 1. The van der Waals surface area contributed by atoms with Gasteiger partial charge in [0, 0.05) is 26.2 Å². The topological polar surface area (TPSA) is 83.6 Å². The molecule has 0 saturated heterocycles. The Morgan fingerprint density at radius 1 is 1.12 bits per heavy atom. The monoisotopic (exact) mass is 398 g/mol. The smallest absolute Gasteiger partial charge is 0.327 e. The lowest BCUT2D eigenvalue weighted by Crippen LogP contribution is -2.51. The van der Waals surface area contributed by atoms with Crippen molar-refractivity contribution in [2.24, 2.45) is 5.84 Å². The van der Waals surface area contributed by atoms with E-state index in [2.05, 4.69) is 0 Å². The molecule has 25 heavy (non-hydrogen) atoms.